The summed E-state index contributed by atoms with van der Waals surface area (Å²) in [6.45, 7) is 0. The predicted octanol–water partition coefficient (Wildman–Crippen LogP) is 2.46. The van der Waals surface area contributed by atoms with Crippen molar-refractivity contribution in [2.24, 2.45) is 0 Å². The average Bonchev–Trinajstić information content (AvgIpc) is 2.29. The lowest BCUT2D eigenvalue weighted by molar-refractivity contribution is 0.0697. The summed E-state index contributed by atoms with van der Waals surface area (Å²) in [5.74, 6) is -1.15. The van der Waals surface area contributed by atoms with E-state index in [0.717, 1.165) is 0 Å². The highest BCUT2D eigenvalue weighted by Gasteiger charge is 2.08. The van der Waals surface area contributed by atoms with E-state index in [9.17, 15) is 15.0 Å². The number of hydrogen-bond acceptors (Lipinski definition) is 3. The fourth-order valence-corrected chi connectivity index (χ4v) is 1.58. The van der Waals surface area contributed by atoms with Crippen molar-refractivity contribution in [1.82, 2.24) is 0 Å². The van der Waals surface area contributed by atoms with Gasteiger partial charge < -0.3 is 15.3 Å². The molecule has 4 nitrogen and oxygen atoms in total. The Labute approximate surface area is 97.4 Å². The Morgan fingerprint density at radius 1 is 1.00 bits per heavy atom. The van der Waals surface area contributed by atoms with Crippen LogP contribution in [0.15, 0.2) is 42.5 Å². The van der Waals surface area contributed by atoms with Gasteiger partial charge >= 0.3 is 5.97 Å². The Morgan fingerprint density at radius 2 is 1.76 bits per heavy atom. The molecule has 0 aliphatic rings. The number of hydrogen-bond donors (Lipinski definition) is 3. The smallest absolute Gasteiger partial charge is 0.335 e. The predicted molar refractivity (Wildman–Crippen MR) is 62.2 cm³/mol. The average molecular weight is 230 g/mol. The van der Waals surface area contributed by atoms with Crippen molar-refractivity contribution in [1.29, 1.82) is 0 Å². The van der Waals surface area contributed by atoms with Gasteiger partial charge in [0.1, 0.15) is 11.5 Å². The van der Waals surface area contributed by atoms with E-state index in [0.29, 0.717) is 11.1 Å². The number of carbonyl (C=O) groups is 1. The van der Waals surface area contributed by atoms with Gasteiger partial charge in [0.05, 0.1) is 5.56 Å². The number of benzene rings is 2. The SMILES string of the molecule is O=C(O)c1cccc(-c2ccc(O)cc2O)c1. The number of carboxylic acids is 1. The number of phenolic OH excluding ortho intramolecular Hbond substituents is 2. The molecule has 0 fully saturated rings. The summed E-state index contributed by atoms with van der Waals surface area (Å²) in [7, 11) is 0. The first kappa shape index (κ1) is 11.0. The molecule has 0 saturated carbocycles. The van der Waals surface area contributed by atoms with E-state index in [1.807, 2.05) is 0 Å². The largest absolute Gasteiger partial charge is 0.508 e. The Balaban J connectivity index is 2.53. The molecule has 2 aromatic rings. The van der Waals surface area contributed by atoms with Crippen molar-refractivity contribution < 1.29 is 20.1 Å². The molecule has 3 N–H and O–H groups in total. The standard InChI is InChI=1S/C13H10O4/c14-10-4-5-11(12(15)7-10)8-2-1-3-9(6-8)13(16)17/h1-7,14-15H,(H,16,17). The highest BCUT2D eigenvalue weighted by atomic mass is 16.4. The molecule has 0 aliphatic heterocycles. The second-order valence-electron chi connectivity index (χ2n) is 3.59. The molecular formula is C13H10O4. The van der Waals surface area contributed by atoms with Crippen LogP contribution in [0.3, 0.4) is 0 Å². The van der Waals surface area contributed by atoms with Crippen LogP contribution >= 0.6 is 0 Å². The van der Waals surface area contributed by atoms with Crippen LogP contribution < -0.4 is 0 Å². The minimum absolute atomic E-state index is 0.0411. The first-order valence-electron chi connectivity index (χ1n) is 4.93. The Bertz CT molecular complexity index is 575. The van der Waals surface area contributed by atoms with Gasteiger partial charge in [0.2, 0.25) is 0 Å². The summed E-state index contributed by atoms with van der Waals surface area (Å²) in [6, 6.07) is 10.4. The van der Waals surface area contributed by atoms with Crippen molar-refractivity contribution in [2.45, 2.75) is 0 Å². The zero-order chi connectivity index (χ0) is 12.4. The van der Waals surface area contributed by atoms with E-state index in [1.54, 1.807) is 12.1 Å². The van der Waals surface area contributed by atoms with Crippen molar-refractivity contribution >= 4 is 5.97 Å². The van der Waals surface area contributed by atoms with Crippen LogP contribution in [0.1, 0.15) is 10.4 Å². The van der Waals surface area contributed by atoms with Crippen molar-refractivity contribution in [3.8, 4) is 22.6 Å². The van der Waals surface area contributed by atoms with E-state index < -0.39 is 5.97 Å². The summed E-state index contributed by atoms with van der Waals surface area (Å²) in [4.78, 5) is 10.8. The highest BCUT2D eigenvalue weighted by Crippen LogP contribution is 2.32. The minimum atomic E-state index is -1.02. The van der Waals surface area contributed by atoms with E-state index in [-0.39, 0.29) is 17.1 Å². The molecule has 4 heteroatoms. The van der Waals surface area contributed by atoms with Crippen molar-refractivity contribution in [3.63, 3.8) is 0 Å². The molecule has 0 amide bonds. The van der Waals surface area contributed by atoms with E-state index in [4.69, 9.17) is 5.11 Å². The number of aromatic carboxylic acids is 1. The Kier molecular flexibility index (Phi) is 2.70. The van der Waals surface area contributed by atoms with E-state index in [1.165, 1.54) is 30.3 Å². The molecule has 2 aromatic carbocycles. The van der Waals surface area contributed by atoms with Gasteiger partial charge in [-0.3, -0.25) is 0 Å². The highest BCUT2D eigenvalue weighted by molar-refractivity contribution is 5.89. The molecule has 0 spiro atoms. The van der Waals surface area contributed by atoms with Crippen LogP contribution in [0.4, 0.5) is 0 Å². The number of phenols is 2. The Morgan fingerprint density at radius 3 is 2.41 bits per heavy atom. The molecule has 2 rings (SSSR count). The molecule has 0 aliphatic carbocycles. The van der Waals surface area contributed by atoms with E-state index >= 15 is 0 Å². The minimum Gasteiger partial charge on any atom is -0.508 e. The van der Waals surface area contributed by atoms with Gasteiger partial charge in [0.15, 0.2) is 0 Å². The topological polar surface area (TPSA) is 77.8 Å². The molecule has 0 heterocycles. The zero-order valence-electron chi connectivity index (χ0n) is 8.79. The van der Waals surface area contributed by atoms with Gasteiger partial charge in [-0.25, -0.2) is 4.79 Å². The lowest BCUT2D eigenvalue weighted by Gasteiger charge is -2.06. The van der Waals surface area contributed by atoms with E-state index in [2.05, 4.69) is 0 Å². The van der Waals surface area contributed by atoms with Gasteiger partial charge in [0, 0.05) is 11.6 Å². The molecule has 0 radical (unpaired) electrons. The normalized spacial score (nSPS) is 10.1. The van der Waals surface area contributed by atoms with Gasteiger partial charge in [-0.2, -0.15) is 0 Å². The fourth-order valence-electron chi connectivity index (χ4n) is 1.58. The molecule has 0 atom stereocenters. The summed E-state index contributed by atoms with van der Waals surface area (Å²) >= 11 is 0. The first-order valence-corrected chi connectivity index (χ1v) is 4.93. The van der Waals surface area contributed by atoms with Crippen LogP contribution in [0.5, 0.6) is 11.5 Å². The lowest BCUT2D eigenvalue weighted by atomic mass is 10.0. The summed E-state index contributed by atoms with van der Waals surface area (Å²) in [5.41, 5.74) is 1.21. The van der Waals surface area contributed by atoms with Gasteiger partial charge in [-0.05, 0) is 29.8 Å². The maximum Gasteiger partial charge on any atom is 0.335 e. The number of carboxylic acid groups (broad SMARTS) is 1. The fraction of sp³-hybridized carbons (Fsp3) is 0. The van der Waals surface area contributed by atoms with Crippen LogP contribution in [0, 0.1) is 0 Å². The molecule has 86 valence electrons. The summed E-state index contributed by atoms with van der Waals surface area (Å²) < 4.78 is 0. The number of aromatic hydroxyl groups is 2. The monoisotopic (exact) mass is 230 g/mol. The van der Waals surface area contributed by atoms with Crippen LogP contribution in [0.25, 0.3) is 11.1 Å². The maximum atomic E-state index is 10.8. The maximum absolute atomic E-state index is 10.8. The van der Waals surface area contributed by atoms with Gasteiger partial charge in [-0.15, -0.1) is 0 Å². The van der Waals surface area contributed by atoms with Crippen molar-refractivity contribution in [2.75, 3.05) is 0 Å². The van der Waals surface area contributed by atoms with Crippen LogP contribution in [-0.4, -0.2) is 21.3 Å². The molecule has 0 aromatic heterocycles. The van der Waals surface area contributed by atoms with Crippen LogP contribution in [-0.2, 0) is 0 Å². The Hall–Kier alpha value is -2.49. The summed E-state index contributed by atoms with van der Waals surface area (Å²) in [5, 5.41) is 27.7. The third-order valence-electron chi connectivity index (χ3n) is 2.40. The van der Waals surface area contributed by atoms with Crippen molar-refractivity contribution in [3.05, 3.63) is 48.0 Å². The lowest BCUT2D eigenvalue weighted by Crippen LogP contribution is -1.95. The molecular weight excluding hydrogens is 220 g/mol. The van der Waals surface area contributed by atoms with Gasteiger partial charge in [0.25, 0.3) is 0 Å². The third kappa shape index (κ3) is 2.20. The number of rotatable bonds is 2. The molecule has 0 unspecified atom stereocenters. The van der Waals surface area contributed by atoms with Crippen LogP contribution in [0.2, 0.25) is 0 Å². The molecule has 17 heavy (non-hydrogen) atoms. The molecule has 0 saturated heterocycles. The second-order valence-corrected chi connectivity index (χ2v) is 3.59. The quantitative estimate of drug-likeness (QED) is 0.740. The zero-order valence-corrected chi connectivity index (χ0v) is 8.79. The second kappa shape index (κ2) is 4.17. The van der Waals surface area contributed by atoms with Gasteiger partial charge in [-0.1, -0.05) is 12.1 Å². The summed E-state index contributed by atoms with van der Waals surface area (Å²) in [6.07, 6.45) is 0. The third-order valence-corrected chi connectivity index (χ3v) is 2.40. The first-order chi connectivity index (χ1) is 8.08. The molecule has 0 bridgehead atoms.